The van der Waals surface area contributed by atoms with Crippen molar-refractivity contribution in [1.29, 1.82) is 0 Å². The van der Waals surface area contributed by atoms with Gasteiger partial charge in [0.15, 0.2) is 0 Å². The summed E-state index contributed by atoms with van der Waals surface area (Å²) >= 11 is 6.33. The molecule has 1 fully saturated rings. The summed E-state index contributed by atoms with van der Waals surface area (Å²) in [5, 5.41) is 3.06. The number of carbonyl (C=O) groups is 2. The number of methoxy groups -OCH3 is 2. The number of hydrogen-bond donors (Lipinski definition) is 2. The summed E-state index contributed by atoms with van der Waals surface area (Å²) in [5.41, 5.74) is 0.696. The molecule has 0 bridgehead atoms. The van der Waals surface area contributed by atoms with E-state index in [2.05, 4.69) is 25.0 Å². The van der Waals surface area contributed by atoms with Gasteiger partial charge in [-0.15, -0.1) is 0 Å². The van der Waals surface area contributed by atoms with Crippen molar-refractivity contribution in [1.82, 2.24) is 34.5 Å². The quantitative estimate of drug-likeness (QED) is 0.243. The van der Waals surface area contributed by atoms with Gasteiger partial charge in [-0.1, -0.05) is 29.8 Å². The van der Waals surface area contributed by atoms with E-state index in [9.17, 15) is 18.0 Å². The molecule has 2 aromatic heterocycles. The first-order chi connectivity index (χ1) is 21.7. The zero-order chi connectivity index (χ0) is 32.0. The molecule has 3 heterocycles. The van der Waals surface area contributed by atoms with Crippen molar-refractivity contribution < 1.29 is 27.5 Å². The molecule has 4 aromatic rings. The number of hydrogen-bond acceptors (Lipinski definition) is 10. The standard InChI is InChI=1S/C29H31ClN8O6S/c1-43-22-8-9-24(44-2)20(14-22)17-32-27(39)15-21-18-36(26-16-25(30)33-28(34-26)37-11-10-31-19-37)12-13-38(21)29(40)35-45(41,42)23-6-4-3-5-7-23/h3-11,14,16,19,21H,12-13,15,17-18H2,1-2H3,(H,32,39)(H,35,40). The summed E-state index contributed by atoms with van der Waals surface area (Å²) < 4.78 is 40.3. The number of aromatic nitrogens is 4. The number of anilines is 1. The van der Waals surface area contributed by atoms with E-state index in [4.69, 9.17) is 21.1 Å². The fourth-order valence-electron chi connectivity index (χ4n) is 4.89. The Labute approximate surface area is 265 Å². The number of rotatable bonds is 10. The number of amides is 3. The molecule has 0 radical (unpaired) electrons. The van der Waals surface area contributed by atoms with Crippen LogP contribution in [0.2, 0.25) is 5.15 Å². The van der Waals surface area contributed by atoms with E-state index >= 15 is 0 Å². The number of sulfonamides is 1. The molecule has 3 amide bonds. The Morgan fingerprint density at radius 2 is 1.84 bits per heavy atom. The minimum Gasteiger partial charge on any atom is -0.497 e. The van der Waals surface area contributed by atoms with Crippen LogP contribution in [-0.2, 0) is 21.4 Å². The third-order valence-corrected chi connectivity index (χ3v) is 8.66. The first-order valence-corrected chi connectivity index (χ1v) is 15.7. The van der Waals surface area contributed by atoms with Crippen LogP contribution in [0.1, 0.15) is 12.0 Å². The van der Waals surface area contributed by atoms with Crippen molar-refractivity contribution >= 4 is 39.4 Å². The predicted octanol–water partition coefficient (Wildman–Crippen LogP) is 2.63. The zero-order valence-electron chi connectivity index (χ0n) is 24.5. The number of imidazole rings is 1. The SMILES string of the molecule is COc1ccc(OC)c(CNC(=O)CC2CN(c3cc(Cl)nc(-n4ccnc4)n3)CCN2C(=O)NS(=O)(=O)c2ccccc2)c1. The minimum absolute atomic E-state index is 0.0545. The number of urea groups is 1. The second-order valence-electron chi connectivity index (χ2n) is 9.99. The van der Waals surface area contributed by atoms with Gasteiger partial charge in [0, 0.05) is 56.6 Å². The topological polar surface area (TPSA) is 161 Å². The van der Waals surface area contributed by atoms with Gasteiger partial charge < -0.3 is 24.6 Å². The Morgan fingerprint density at radius 1 is 1.04 bits per heavy atom. The highest BCUT2D eigenvalue weighted by atomic mass is 35.5. The zero-order valence-corrected chi connectivity index (χ0v) is 26.0. The second kappa shape index (κ2) is 13.8. The van der Waals surface area contributed by atoms with Crippen LogP contribution in [0.5, 0.6) is 11.5 Å². The van der Waals surface area contributed by atoms with Gasteiger partial charge in [-0.3, -0.25) is 9.36 Å². The minimum atomic E-state index is -4.15. The van der Waals surface area contributed by atoms with Gasteiger partial charge >= 0.3 is 6.03 Å². The highest BCUT2D eigenvalue weighted by Crippen LogP contribution is 2.25. The molecule has 1 aliphatic heterocycles. The number of halogens is 1. The Morgan fingerprint density at radius 3 is 2.56 bits per heavy atom. The molecule has 0 spiro atoms. The summed E-state index contributed by atoms with van der Waals surface area (Å²) in [6.45, 7) is 0.680. The van der Waals surface area contributed by atoms with Crippen LogP contribution in [0.4, 0.5) is 10.6 Å². The molecule has 1 unspecified atom stereocenters. The monoisotopic (exact) mass is 654 g/mol. The maximum atomic E-state index is 13.4. The second-order valence-corrected chi connectivity index (χ2v) is 12.1. The van der Waals surface area contributed by atoms with Crippen molar-refractivity contribution in [3.05, 3.63) is 84.0 Å². The Balaban J connectivity index is 1.36. The highest BCUT2D eigenvalue weighted by Gasteiger charge is 2.35. The van der Waals surface area contributed by atoms with E-state index in [0.717, 1.165) is 0 Å². The number of nitrogens with zero attached hydrogens (tertiary/aromatic N) is 6. The summed E-state index contributed by atoms with van der Waals surface area (Å²) in [6, 6.07) is 12.8. The van der Waals surface area contributed by atoms with Crippen LogP contribution < -0.4 is 24.4 Å². The molecule has 1 saturated heterocycles. The maximum absolute atomic E-state index is 13.4. The summed E-state index contributed by atoms with van der Waals surface area (Å²) in [7, 11) is -1.08. The van der Waals surface area contributed by atoms with Gasteiger partial charge in [-0.25, -0.2) is 27.9 Å². The van der Waals surface area contributed by atoms with Crippen molar-refractivity contribution in [3.8, 4) is 17.4 Å². The van der Waals surface area contributed by atoms with Crippen molar-refractivity contribution in [2.45, 2.75) is 23.9 Å². The molecule has 16 heteroatoms. The van der Waals surface area contributed by atoms with Crippen LogP contribution in [0.3, 0.4) is 0 Å². The number of nitrogens with one attached hydrogen (secondary N) is 2. The molecule has 1 atom stereocenters. The first kappa shape index (κ1) is 31.5. The fourth-order valence-corrected chi connectivity index (χ4v) is 6.04. The van der Waals surface area contributed by atoms with Crippen molar-refractivity contribution in [2.24, 2.45) is 0 Å². The smallest absolute Gasteiger partial charge is 0.331 e. The maximum Gasteiger partial charge on any atom is 0.331 e. The molecule has 0 saturated carbocycles. The average Bonchev–Trinajstić information content (AvgIpc) is 3.59. The van der Waals surface area contributed by atoms with Crippen LogP contribution in [0.15, 0.2) is 78.2 Å². The molecule has 236 valence electrons. The fraction of sp³-hybridized carbons (Fsp3) is 0.276. The largest absolute Gasteiger partial charge is 0.497 e. The lowest BCUT2D eigenvalue weighted by atomic mass is 10.1. The van der Waals surface area contributed by atoms with Crippen molar-refractivity contribution in [2.75, 3.05) is 38.8 Å². The lowest BCUT2D eigenvalue weighted by Gasteiger charge is -2.41. The van der Waals surface area contributed by atoms with Crippen molar-refractivity contribution in [3.63, 3.8) is 0 Å². The highest BCUT2D eigenvalue weighted by molar-refractivity contribution is 7.90. The average molecular weight is 655 g/mol. The van der Waals surface area contributed by atoms with E-state index in [1.807, 2.05) is 4.90 Å². The Kier molecular flexibility index (Phi) is 9.68. The molecule has 5 rings (SSSR count). The van der Waals surface area contributed by atoms with E-state index in [1.165, 1.54) is 30.5 Å². The van der Waals surface area contributed by atoms with Gasteiger partial charge in [-0.05, 0) is 30.3 Å². The summed E-state index contributed by atoms with van der Waals surface area (Å²) in [4.78, 5) is 42.7. The van der Waals surface area contributed by atoms with E-state index in [-0.39, 0.29) is 48.6 Å². The molecule has 0 aliphatic carbocycles. The lowest BCUT2D eigenvalue weighted by Crippen LogP contribution is -2.59. The Hall–Kier alpha value is -4.89. The van der Waals surface area contributed by atoms with Gasteiger partial charge in [0.2, 0.25) is 11.9 Å². The normalized spacial score (nSPS) is 15.0. The van der Waals surface area contributed by atoms with Gasteiger partial charge in [0.05, 0.1) is 25.2 Å². The number of piperazine rings is 1. The number of ether oxygens (including phenoxy) is 2. The van der Waals surface area contributed by atoms with Gasteiger partial charge in [-0.2, -0.15) is 4.98 Å². The molecular weight excluding hydrogens is 624 g/mol. The molecule has 2 N–H and O–H groups in total. The van der Waals surface area contributed by atoms with Gasteiger partial charge in [0.1, 0.15) is 28.8 Å². The Bertz CT molecular complexity index is 1760. The lowest BCUT2D eigenvalue weighted by molar-refractivity contribution is -0.122. The number of carbonyl (C=O) groups excluding carboxylic acids is 2. The number of benzene rings is 2. The third kappa shape index (κ3) is 7.61. The van der Waals surface area contributed by atoms with Crippen LogP contribution in [0, 0.1) is 0 Å². The van der Waals surface area contributed by atoms with Crippen LogP contribution >= 0.6 is 11.6 Å². The van der Waals surface area contributed by atoms with Gasteiger partial charge in [0.25, 0.3) is 10.0 Å². The summed E-state index contributed by atoms with van der Waals surface area (Å²) in [6.07, 6.45) is 4.67. The van der Waals surface area contributed by atoms with E-state index in [0.29, 0.717) is 28.8 Å². The predicted molar refractivity (Wildman–Crippen MR) is 165 cm³/mol. The molecule has 14 nitrogen and oxygen atoms in total. The molecule has 1 aliphatic rings. The van der Waals surface area contributed by atoms with E-state index < -0.39 is 22.1 Å². The van der Waals surface area contributed by atoms with Crippen LogP contribution in [-0.4, -0.2) is 84.7 Å². The third-order valence-electron chi connectivity index (χ3n) is 7.13. The molecule has 45 heavy (non-hydrogen) atoms. The van der Waals surface area contributed by atoms with Crippen LogP contribution in [0.25, 0.3) is 5.95 Å². The summed E-state index contributed by atoms with van der Waals surface area (Å²) in [5.74, 6) is 1.58. The van der Waals surface area contributed by atoms with E-state index in [1.54, 1.807) is 66.5 Å². The molecular formula is C29H31ClN8O6S. The first-order valence-electron chi connectivity index (χ1n) is 13.8. The molecule has 2 aromatic carbocycles.